The van der Waals surface area contributed by atoms with Crippen molar-refractivity contribution in [2.45, 2.75) is 12.8 Å². The van der Waals surface area contributed by atoms with Gasteiger partial charge in [0, 0.05) is 37.2 Å². The molecule has 1 aromatic heterocycles. The van der Waals surface area contributed by atoms with Crippen LogP contribution in [0.4, 0.5) is 15.8 Å². The lowest BCUT2D eigenvalue weighted by molar-refractivity contribution is -0.117. The first-order chi connectivity index (χ1) is 14.4. The smallest absolute Gasteiger partial charge is 0.274 e. The molecule has 8 heteroatoms. The Labute approximate surface area is 173 Å². The number of nitrogens with zero attached hydrogens (tertiary/aromatic N) is 2. The van der Waals surface area contributed by atoms with Crippen molar-refractivity contribution in [1.29, 1.82) is 0 Å². The number of carbonyl (C=O) groups is 2. The van der Waals surface area contributed by atoms with Gasteiger partial charge in [0.2, 0.25) is 5.91 Å². The number of benzene rings is 2. The molecule has 30 heavy (non-hydrogen) atoms. The lowest BCUT2D eigenvalue weighted by Gasteiger charge is -2.18. The van der Waals surface area contributed by atoms with E-state index in [1.807, 2.05) is 0 Å². The Kier molecular flexibility index (Phi) is 5.07. The number of rotatable bonds is 5. The predicted octanol–water partition coefficient (Wildman–Crippen LogP) is 3.71. The zero-order valence-electron chi connectivity index (χ0n) is 17.0. The summed E-state index contributed by atoms with van der Waals surface area (Å²) in [7, 11) is 4.77. The van der Waals surface area contributed by atoms with E-state index < -0.39 is 11.7 Å². The minimum atomic E-state index is -0.423. The molecule has 1 aliphatic rings. The number of hydrogen-bond donors (Lipinski definition) is 1. The zero-order chi connectivity index (χ0) is 21.4. The van der Waals surface area contributed by atoms with Crippen LogP contribution >= 0.6 is 0 Å². The van der Waals surface area contributed by atoms with E-state index in [1.165, 1.54) is 26.4 Å². The minimum Gasteiger partial charge on any atom is -0.493 e. The first-order valence-electron chi connectivity index (χ1n) is 9.56. The van der Waals surface area contributed by atoms with Crippen LogP contribution in [0.15, 0.2) is 36.4 Å². The maximum absolute atomic E-state index is 14.0. The third-order valence-corrected chi connectivity index (χ3v) is 5.33. The van der Waals surface area contributed by atoms with Gasteiger partial charge in [-0.05, 0) is 36.8 Å². The van der Waals surface area contributed by atoms with Crippen LogP contribution in [-0.4, -0.2) is 37.1 Å². The van der Waals surface area contributed by atoms with E-state index in [0.717, 1.165) is 0 Å². The van der Waals surface area contributed by atoms with E-state index in [4.69, 9.17) is 9.47 Å². The number of amides is 2. The van der Waals surface area contributed by atoms with Gasteiger partial charge in [-0.25, -0.2) is 4.39 Å². The molecule has 4 rings (SSSR count). The highest BCUT2D eigenvalue weighted by molar-refractivity contribution is 6.17. The molecular weight excluding hydrogens is 389 g/mol. The van der Waals surface area contributed by atoms with Gasteiger partial charge < -0.3 is 24.3 Å². The highest BCUT2D eigenvalue weighted by Gasteiger charge is 2.31. The van der Waals surface area contributed by atoms with Crippen LogP contribution < -0.4 is 19.7 Å². The van der Waals surface area contributed by atoms with Crippen LogP contribution in [0.2, 0.25) is 0 Å². The van der Waals surface area contributed by atoms with Gasteiger partial charge in [0.25, 0.3) is 5.91 Å². The van der Waals surface area contributed by atoms with Crippen molar-refractivity contribution in [3.8, 4) is 11.5 Å². The minimum absolute atomic E-state index is 0.0769. The molecule has 3 aromatic rings. The van der Waals surface area contributed by atoms with Gasteiger partial charge in [-0.3, -0.25) is 9.59 Å². The molecule has 7 nitrogen and oxygen atoms in total. The second kappa shape index (κ2) is 7.70. The summed E-state index contributed by atoms with van der Waals surface area (Å²) in [6, 6.07) is 9.36. The monoisotopic (exact) mass is 411 g/mol. The Hall–Kier alpha value is -3.55. The quantitative estimate of drug-likeness (QED) is 0.695. The molecule has 0 bridgehead atoms. The molecule has 1 saturated heterocycles. The van der Waals surface area contributed by atoms with Gasteiger partial charge in [0.05, 0.1) is 25.4 Å². The Bertz CT molecular complexity index is 1150. The molecule has 0 unspecified atom stereocenters. The highest BCUT2D eigenvalue weighted by atomic mass is 19.1. The maximum atomic E-state index is 14.0. The van der Waals surface area contributed by atoms with Gasteiger partial charge in [-0.2, -0.15) is 0 Å². The van der Waals surface area contributed by atoms with Gasteiger partial charge in [0.15, 0.2) is 11.5 Å². The van der Waals surface area contributed by atoms with Crippen LogP contribution in [0, 0.1) is 5.82 Å². The summed E-state index contributed by atoms with van der Waals surface area (Å²) in [6.07, 6.45) is 1.10. The average Bonchev–Trinajstić information content (AvgIpc) is 3.27. The third kappa shape index (κ3) is 3.24. The standard InChI is InChI=1S/C22H22FN3O4/c1-25-16-8-6-13(23)11-15(16)20(26-10-4-5-19(26)27)21(25)22(28)24-14-7-9-17(29-2)18(12-14)30-3/h6-9,11-12H,4-5,10H2,1-3H3,(H,24,28). The number of aryl methyl sites for hydroxylation is 1. The van der Waals surface area contributed by atoms with Crippen molar-refractivity contribution >= 4 is 34.1 Å². The van der Waals surface area contributed by atoms with Gasteiger partial charge >= 0.3 is 0 Å². The fourth-order valence-electron chi connectivity index (χ4n) is 3.92. The zero-order valence-corrected chi connectivity index (χ0v) is 17.0. The third-order valence-electron chi connectivity index (χ3n) is 5.33. The first-order valence-corrected chi connectivity index (χ1v) is 9.56. The number of nitrogens with one attached hydrogen (secondary N) is 1. The summed E-state index contributed by atoms with van der Waals surface area (Å²) in [5.74, 6) is 0.110. The second-order valence-electron chi connectivity index (χ2n) is 7.09. The number of aromatic nitrogens is 1. The summed E-state index contributed by atoms with van der Waals surface area (Å²) in [6.45, 7) is 0.491. The van der Waals surface area contributed by atoms with Gasteiger partial charge in [-0.15, -0.1) is 0 Å². The summed E-state index contributed by atoms with van der Waals surface area (Å²) in [5.41, 5.74) is 1.91. The summed E-state index contributed by atoms with van der Waals surface area (Å²) >= 11 is 0. The number of fused-ring (bicyclic) bond motifs is 1. The number of ether oxygens (including phenoxy) is 2. The van der Waals surface area contributed by atoms with Crippen molar-refractivity contribution in [2.75, 3.05) is 31.0 Å². The average molecular weight is 411 g/mol. The predicted molar refractivity (Wildman–Crippen MR) is 112 cm³/mol. The van der Waals surface area contributed by atoms with E-state index in [2.05, 4.69) is 5.32 Å². The number of methoxy groups -OCH3 is 2. The molecule has 156 valence electrons. The molecule has 2 aromatic carbocycles. The Morgan fingerprint density at radius 1 is 1.10 bits per heavy atom. The summed E-state index contributed by atoms with van der Waals surface area (Å²) in [5, 5.41) is 3.38. The molecule has 0 radical (unpaired) electrons. The van der Waals surface area contributed by atoms with E-state index >= 15 is 0 Å². The van der Waals surface area contributed by atoms with E-state index in [1.54, 1.807) is 40.8 Å². The lowest BCUT2D eigenvalue weighted by Crippen LogP contribution is -2.27. The SMILES string of the molecule is COc1ccc(NC(=O)c2c(N3CCCC3=O)c3cc(F)ccc3n2C)cc1OC. The molecular formula is C22H22FN3O4. The lowest BCUT2D eigenvalue weighted by atomic mass is 10.2. The van der Waals surface area contributed by atoms with Crippen molar-refractivity contribution in [3.05, 3.63) is 47.9 Å². The largest absolute Gasteiger partial charge is 0.493 e. The van der Waals surface area contributed by atoms with Crippen LogP contribution in [0.3, 0.4) is 0 Å². The normalized spacial score (nSPS) is 13.7. The molecule has 0 saturated carbocycles. The number of halogens is 1. The fraction of sp³-hybridized carbons (Fsp3) is 0.273. The van der Waals surface area contributed by atoms with Crippen LogP contribution in [-0.2, 0) is 11.8 Å². The second-order valence-corrected chi connectivity index (χ2v) is 7.09. The maximum Gasteiger partial charge on any atom is 0.274 e. The molecule has 2 heterocycles. The summed E-state index contributed by atoms with van der Waals surface area (Å²) < 4.78 is 26.2. The molecule has 1 aliphatic heterocycles. The van der Waals surface area contributed by atoms with Crippen molar-refractivity contribution in [3.63, 3.8) is 0 Å². The molecule has 1 N–H and O–H groups in total. The van der Waals surface area contributed by atoms with E-state index in [0.29, 0.717) is 58.9 Å². The number of anilines is 2. The number of carbonyl (C=O) groups excluding carboxylic acids is 2. The molecule has 2 amide bonds. The van der Waals surface area contributed by atoms with Gasteiger partial charge in [0.1, 0.15) is 11.5 Å². The van der Waals surface area contributed by atoms with Crippen LogP contribution in [0.5, 0.6) is 11.5 Å². The topological polar surface area (TPSA) is 72.8 Å². The fourth-order valence-corrected chi connectivity index (χ4v) is 3.92. The summed E-state index contributed by atoms with van der Waals surface area (Å²) in [4.78, 5) is 27.3. The molecule has 1 fully saturated rings. The van der Waals surface area contributed by atoms with Gasteiger partial charge in [-0.1, -0.05) is 0 Å². The van der Waals surface area contributed by atoms with Crippen LogP contribution in [0.25, 0.3) is 10.9 Å². The Morgan fingerprint density at radius 2 is 1.87 bits per heavy atom. The number of hydrogen-bond acceptors (Lipinski definition) is 4. The molecule has 0 atom stereocenters. The Balaban J connectivity index is 1.81. The molecule has 0 spiro atoms. The highest BCUT2D eigenvalue weighted by Crippen LogP contribution is 2.37. The van der Waals surface area contributed by atoms with Crippen molar-refractivity contribution in [2.24, 2.45) is 7.05 Å². The first kappa shape index (κ1) is 19.8. The van der Waals surface area contributed by atoms with Crippen LogP contribution in [0.1, 0.15) is 23.3 Å². The molecule has 0 aliphatic carbocycles. The van der Waals surface area contributed by atoms with E-state index in [-0.39, 0.29) is 5.91 Å². The van der Waals surface area contributed by atoms with E-state index in [9.17, 15) is 14.0 Å². The van der Waals surface area contributed by atoms with Crippen molar-refractivity contribution < 1.29 is 23.5 Å². The Morgan fingerprint density at radius 3 is 2.53 bits per heavy atom. The van der Waals surface area contributed by atoms with Crippen molar-refractivity contribution in [1.82, 2.24) is 4.57 Å².